The lowest BCUT2D eigenvalue weighted by Gasteiger charge is -2.06. The van der Waals surface area contributed by atoms with Crippen LogP contribution in [0.25, 0.3) is 11.1 Å². The average Bonchev–Trinajstić information content (AvgIpc) is 2.33. The SMILES string of the molecule is O=C(O)c1ccc(F)c(-c2cccc(F)c2F)c1. The zero-order chi connectivity index (χ0) is 13.3. The molecule has 0 fully saturated rings. The van der Waals surface area contributed by atoms with Crippen molar-refractivity contribution >= 4 is 5.97 Å². The van der Waals surface area contributed by atoms with Gasteiger partial charge in [0.1, 0.15) is 5.82 Å². The Morgan fingerprint density at radius 1 is 0.944 bits per heavy atom. The van der Waals surface area contributed by atoms with Gasteiger partial charge in [0, 0.05) is 11.1 Å². The molecule has 5 heteroatoms. The molecule has 0 saturated carbocycles. The molecule has 18 heavy (non-hydrogen) atoms. The van der Waals surface area contributed by atoms with Gasteiger partial charge in [-0.3, -0.25) is 0 Å². The van der Waals surface area contributed by atoms with Crippen LogP contribution in [-0.2, 0) is 0 Å². The second-order valence-corrected chi connectivity index (χ2v) is 3.60. The van der Waals surface area contributed by atoms with Crippen LogP contribution in [0.2, 0.25) is 0 Å². The van der Waals surface area contributed by atoms with Crippen molar-refractivity contribution < 1.29 is 23.1 Å². The first-order valence-electron chi connectivity index (χ1n) is 4.98. The number of carbonyl (C=O) groups is 1. The van der Waals surface area contributed by atoms with E-state index in [9.17, 15) is 18.0 Å². The lowest BCUT2D eigenvalue weighted by Crippen LogP contribution is -1.99. The largest absolute Gasteiger partial charge is 0.478 e. The van der Waals surface area contributed by atoms with E-state index in [0.29, 0.717) is 0 Å². The van der Waals surface area contributed by atoms with E-state index in [0.717, 1.165) is 24.3 Å². The molecule has 1 N–H and O–H groups in total. The third kappa shape index (κ3) is 2.07. The van der Waals surface area contributed by atoms with Gasteiger partial charge in [0.2, 0.25) is 0 Å². The maximum Gasteiger partial charge on any atom is 0.335 e. The molecule has 2 nitrogen and oxygen atoms in total. The van der Waals surface area contributed by atoms with Gasteiger partial charge in [-0.1, -0.05) is 12.1 Å². The number of rotatable bonds is 2. The third-order valence-electron chi connectivity index (χ3n) is 2.46. The Balaban J connectivity index is 2.66. The minimum atomic E-state index is -1.27. The zero-order valence-corrected chi connectivity index (χ0v) is 8.95. The van der Waals surface area contributed by atoms with Crippen molar-refractivity contribution in [2.75, 3.05) is 0 Å². The molecular formula is C13H7F3O2. The van der Waals surface area contributed by atoms with Gasteiger partial charge in [-0.05, 0) is 24.3 Å². The van der Waals surface area contributed by atoms with Crippen molar-refractivity contribution in [2.45, 2.75) is 0 Å². The zero-order valence-electron chi connectivity index (χ0n) is 8.95. The number of carboxylic acids is 1. The van der Waals surface area contributed by atoms with Crippen LogP contribution in [0.15, 0.2) is 36.4 Å². The number of carboxylic acid groups (broad SMARTS) is 1. The first-order valence-corrected chi connectivity index (χ1v) is 4.98. The van der Waals surface area contributed by atoms with Crippen LogP contribution in [-0.4, -0.2) is 11.1 Å². The lowest BCUT2D eigenvalue weighted by atomic mass is 10.0. The summed E-state index contributed by atoms with van der Waals surface area (Å²) in [5.41, 5.74) is -0.794. The second-order valence-electron chi connectivity index (χ2n) is 3.60. The molecule has 0 aliphatic heterocycles. The Hall–Kier alpha value is -2.30. The van der Waals surface area contributed by atoms with Gasteiger partial charge in [0.15, 0.2) is 11.6 Å². The van der Waals surface area contributed by atoms with Crippen molar-refractivity contribution in [2.24, 2.45) is 0 Å². The van der Waals surface area contributed by atoms with Crippen LogP contribution < -0.4 is 0 Å². The quantitative estimate of drug-likeness (QED) is 0.888. The summed E-state index contributed by atoms with van der Waals surface area (Å²) in [6.45, 7) is 0. The summed E-state index contributed by atoms with van der Waals surface area (Å²) < 4.78 is 40.1. The minimum Gasteiger partial charge on any atom is -0.478 e. The molecule has 0 saturated heterocycles. The molecule has 0 aromatic heterocycles. The summed E-state index contributed by atoms with van der Waals surface area (Å²) in [6, 6.07) is 6.23. The second kappa shape index (κ2) is 4.52. The van der Waals surface area contributed by atoms with Gasteiger partial charge in [0.25, 0.3) is 0 Å². The predicted molar refractivity (Wildman–Crippen MR) is 58.7 cm³/mol. The molecule has 0 spiro atoms. The molecule has 0 aliphatic carbocycles. The van der Waals surface area contributed by atoms with Crippen molar-refractivity contribution in [3.63, 3.8) is 0 Å². The fourth-order valence-electron chi connectivity index (χ4n) is 1.58. The molecule has 0 unspecified atom stereocenters. The average molecular weight is 252 g/mol. The maximum atomic E-state index is 13.5. The van der Waals surface area contributed by atoms with Crippen molar-refractivity contribution in [3.8, 4) is 11.1 Å². The molecule has 0 heterocycles. The Kier molecular flexibility index (Phi) is 3.06. The van der Waals surface area contributed by atoms with Crippen LogP contribution in [0, 0.1) is 17.5 Å². The van der Waals surface area contributed by atoms with Crippen molar-refractivity contribution in [1.29, 1.82) is 0 Å². The van der Waals surface area contributed by atoms with Gasteiger partial charge in [-0.2, -0.15) is 0 Å². The van der Waals surface area contributed by atoms with E-state index in [1.807, 2.05) is 0 Å². The molecule has 2 aromatic carbocycles. The van der Waals surface area contributed by atoms with Crippen LogP contribution in [0.4, 0.5) is 13.2 Å². The molecule has 0 atom stereocenters. The number of aromatic carboxylic acids is 1. The van der Waals surface area contributed by atoms with Crippen LogP contribution in [0.1, 0.15) is 10.4 Å². The molecule has 0 bridgehead atoms. The fraction of sp³-hybridized carbons (Fsp3) is 0. The molecule has 2 rings (SSSR count). The number of hydrogen-bond acceptors (Lipinski definition) is 1. The molecule has 2 aromatic rings. The van der Waals surface area contributed by atoms with E-state index in [1.54, 1.807) is 0 Å². The summed E-state index contributed by atoms with van der Waals surface area (Å²) >= 11 is 0. The van der Waals surface area contributed by atoms with E-state index in [4.69, 9.17) is 5.11 Å². The predicted octanol–water partition coefficient (Wildman–Crippen LogP) is 3.47. The Bertz CT molecular complexity index is 624. The highest BCUT2D eigenvalue weighted by Crippen LogP contribution is 2.27. The molecular weight excluding hydrogens is 245 g/mol. The summed E-state index contributed by atoms with van der Waals surface area (Å²) in [4.78, 5) is 10.8. The highest BCUT2D eigenvalue weighted by molar-refractivity contribution is 5.89. The van der Waals surface area contributed by atoms with E-state index < -0.39 is 23.4 Å². The lowest BCUT2D eigenvalue weighted by molar-refractivity contribution is 0.0697. The summed E-state index contributed by atoms with van der Waals surface area (Å²) in [7, 11) is 0. The summed E-state index contributed by atoms with van der Waals surface area (Å²) in [5.74, 6) is -4.41. The number of halogens is 3. The van der Waals surface area contributed by atoms with Crippen LogP contribution >= 0.6 is 0 Å². The summed E-state index contributed by atoms with van der Waals surface area (Å²) in [5, 5.41) is 8.78. The Morgan fingerprint density at radius 3 is 2.33 bits per heavy atom. The van der Waals surface area contributed by atoms with Gasteiger partial charge < -0.3 is 5.11 Å². The van der Waals surface area contributed by atoms with Crippen LogP contribution in [0.3, 0.4) is 0 Å². The molecule has 0 amide bonds. The van der Waals surface area contributed by atoms with E-state index in [1.165, 1.54) is 12.1 Å². The highest BCUT2D eigenvalue weighted by atomic mass is 19.2. The molecule has 92 valence electrons. The van der Waals surface area contributed by atoms with Crippen molar-refractivity contribution in [1.82, 2.24) is 0 Å². The third-order valence-corrected chi connectivity index (χ3v) is 2.46. The highest BCUT2D eigenvalue weighted by Gasteiger charge is 2.15. The molecule has 0 radical (unpaired) electrons. The topological polar surface area (TPSA) is 37.3 Å². The van der Waals surface area contributed by atoms with E-state index >= 15 is 0 Å². The van der Waals surface area contributed by atoms with Gasteiger partial charge in [-0.25, -0.2) is 18.0 Å². The normalized spacial score (nSPS) is 10.4. The monoisotopic (exact) mass is 252 g/mol. The van der Waals surface area contributed by atoms with Crippen LogP contribution in [0.5, 0.6) is 0 Å². The van der Waals surface area contributed by atoms with Gasteiger partial charge >= 0.3 is 5.97 Å². The van der Waals surface area contributed by atoms with E-state index in [2.05, 4.69) is 0 Å². The fourth-order valence-corrected chi connectivity index (χ4v) is 1.58. The van der Waals surface area contributed by atoms with Crippen molar-refractivity contribution in [3.05, 3.63) is 59.4 Å². The number of hydrogen-bond donors (Lipinski definition) is 1. The smallest absolute Gasteiger partial charge is 0.335 e. The van der Waals surface area contributed by atoms with E-state index in [-0.39, 0.29) is 16.7 Å². The summed E-state index contributed by atoms with van der Waals surface area (Å²) in [6.07, 6.45) is 0. The standard InChI is InChI=1S/C13H7F3O2/c14-10-5-4-7(13(17)18)6-9(10)8-2-1-3-11(15)12(8)16/h1-6H,(H,17,18). The minimum absolute atomic E-state index is 0.199. The van der Waals surface area contributed by atoms with Gasteiger partial charge in [-0.15, -0.1) is 0 Å². The Labute approximate surface area is 100 Å². The van der Waals surface area contributed by atoms with Gasteiger partial charge in [0.05, 0.1) is 5.56 Å². The Morgan fingerprint density at radius 2 is 1.67 bits per heavy atom. The molecule has 0 aliphatic rings. The maximum absolute atomic E-state index is 13.5. The first kappa shape index (κ1) is 12.2. The first-order chi connectivity index (χ1) is 8.50. The number of benzene rings is 2.